The number of benzene rings is 2. The van der Waals surface area contributed by atoms with Crippen molar-refractivity contribution in [1.29, 1.82) is 0 Å². The molecule has 0 saturated heterocycles. The monoisotopic (exact) mass is 307 g/mol. The first-order valence-corrected chi connectivity index (χ1v) is 5.88. The van der Waals surface area contributed by atoms with Crippen LogP contribution in [-0.4, -0.2) is 0 Å². The van der Waals surface area contributed by atoms with Crippen LogP contribution < -0.4 is 5.73 Å². The topological polar surface area (TPSA) is 26.0 Å². The lowest BCUT2D eigenvalue weighted by molar-refractivity contribution is 0.573. The molecule has 2 rings (SSSR count). The summed E-state index contributed by atoms with van der Waals surface area (Å²) in [6.07, 6.45) is 0. The summed E-state index contributed by atoms with van der Waals surface area (Å²) in [7, 11) is 0. The predicted molar refractivity (Wildman–Crippen MR) is 70.9 cm³/mol. The van der Waals surface area contributed by atoms with E-state index in [4.69, 9.17) is 5.73 Å². The zero-order chi connectivity index (χ0) is 13.1. The molecule has 2 aromatic carbocycles. The molecule has 0 radical (unpaired) electrons. The normalized spacial score (nSPS) is 9.72. The average Bonchev–Trinajstić information content (AvgIpc) is 2.34. The van der Waals surface area contributed by atoms with Gasteiger partial charge in [0.05, 0.1) is 10.0 Å². The lowest BCUT2D eigenvalue weighted by atomic mass is 10.1. The molecule has 0 aliphatic heterocycles. The van der Waals surface area contributed by atoms with Gasteiger partial charge in [0, 0.05) is 11.3 Å². The minimum atomic E-state index is -0.702. The molecule has 0 spiro atoms. The third-order valence-electron chi connectivity index (χ3n) is 2.26. The van der Waals surface area contributed by atoms with Crippen molar-refractivity contribution < 1.29 is 8.78 Å². The Bertz CT molecular complexity index is 657. The van der Waals surface area contributed by atoms with E-state index in [1.165, 1.54) is 6.07 Å². The SMILES string of the molecule is Nc1cccc(C#Cc2c(F)ccc(Br)c2F)c1. The molecular formula is C14H8BrF2N. The smallest absolute Gasteiger partial charge is 0.155 e. The number of hydrogen-bond donors (Lipinski definition) is 1. The van der Waals surface area contributed by atoms with Crippen LogP contribution in [0.2, 0.25) is 0 Å². The fraction of sp³-hybridized carbons (Fsp3) is 0. The van der Waals surface area contributed by atoms with Gasteiger partial charge in [-0.1, -0.05) is 17.9 Å². The molecule has 0 saturated carbocycles. The van der Waals surface area contributed by atoms with Crippen molar-refractivity contribution in [3.05, 3.63) is 63.6 Å². The van der Waals surface area contributed by atoms with Crippen LogP contribution in [-0.2, 0) is 0 Å². The molecule has 0 atom stereocenters. The summed E-state index contributed by atoms with van der Waals surface area (Å²) in [5.74, 6) is 3.77. The standard InChI is InChI=1S/C14H8BrF2N/c15-12-6-7-13(16)11(14(12)17)5-4-9-2-1-3-10(18)8-9/h1-3,6-8H,18H2. The second kappa shape index (κ2) is 5.19. The van der Waals surface area contributed by atoms with Gasteiger partial charge in [-0.2, -0.15) is 0 Å². The number of hydrogen-bond acceptors (Lipinski definition) is 1. The van der Waals surface area contributed by atoms with Crippen molar-refractivity contribution in [3.63, 3.8) is 0 Å². The largest absolute Gasteiger partial charge is 0.399 e. The van der Waals surface area contributed by atoms with E-state index in [0.29, 0.717) is 11.3 Å². The molecule has 0 amide bonds. The summed E-state index contributed by atoms with van der Waals surface area (Å²) in [5.41, 5.74) is 6.49. The summed E-state index contributed by atoms with van der Waals surface area (Å²) < 4.78 is 27.2. The minimum Gasteiger partial charge on any atom is -0.399 e. The van der Waals surface area contributed by atoms with Gasteiger partial charge in [0.2, 0.25) is 0 Å². The van der Waals surface area contributed by atoms with Gasteiger partial charge in [-0.25, -0.2) is 8.78 Å². The molecular weight excluding hydrogens is 300 g/mol. The van der Waals surface area contributed by atoms with Crippen LogP contribution in [0.3, 0.4) is 0 Å². The number of nitrogen functional groups attached to an aromatic ring is 1. The number of nitrogens with two attached hydrogens (primary N) is 1. The zero-order valence-electron chi connectivity index (χ0n) is 9.18. The molecule has 0 fully saturated rings. The van der Waals surface area contributed by atoms with Gasteiger partial charge in [-0.3, -0.25) is 0 Å². The Morgan fingerprint density at radius 3 is 2.56 bits per heavy atom. The highest BCUT2D eigenvalue weighted by molar-refractivity contribution is 9.10. The van der Waals surface area contributed by atoms with Gasteiger partial charge in [-0.05, 0) is 46.3 Å². The highest BCUT2D eigenvalue weighted by Gasteiger charge is 2.09. The van der Waals surface area contributed by atoms with Gasteiger partial charge in [0.15, 0.2) is 5.82 Å². The molecule has 0 bridgehead atoms. The summed E-state index contributed by atoms with van der Waals surface area (Å²) >= 11 is 2.99. The maximum Gasteiger partial charge on any atom is 0.155 e. The van der Waals surface area contributed by atoms with Crippen LogP contribution in [0, 0.1) is 23.5 Å². The lowest BCUT2D eigenvalue weighted by Gasteiger charge is -1.99. The molecule has 90 valence electrons. The van der Waals surface area contributed by atoms with Gasteiger partial charge in [0.25, 0.3) is 0 Å². The lowest BCUT2D eigenvalue weighted by Crippen LogP contribution is -1.91. The highest BCUT2D eigenvalue weighted by Crippen LogP contribution is 2.20. The van der Waals surface area contributed by atoms with Crippen LogP contribution in [0.4, 0.5) is 14.5 Å². The first kappa shape index (κ1) is 12.6. The Labute approximate surface area is 112 Å². The van der Waals surface area contributed by atoms with Crippen molar-refractivity contribution in [1.82, 2.24) is 0 Å². The third-order valence-corrected chi connectivity index (χ3v) is 2.87. The van der Waals surface area contributed by atoms with E-state index in [0.717, 1.165) is 6.07 Å². The van der Waals surface area contributed by atoms with E-state index in [1.807, 2.05) is 0 Å². The molecule has 2 aromatic rings. The van der Waals surface area contributed by atoms with Crippen LogP contribution in [0.15, 0.2) is 40.9 Å². The number of anilines is 1. The van der Waals surface area contributed by atoms with Crippen molar-refractivity contribution in [2.75, 3.05) is 5.73 Å². The average molecular weight is 308 g/mol. The fourth-order valence-electron chi connectivity index (χ4n) is 1.39. The first-order chi connectivity index (χ1) is 8.58. The Balaban J connectivity index is 2.45. The van der Waals surface area contributed by atoms with Crippen molar-refractivity contribution in [2.45, 2.75) is 0 Å². The zero-order valence-corrected chi connectivity index (χ0v) is 10.8. The summed E-state index contributed by atoms with van der Waals surface area (Å²) in [6, 6.07) is 9.27. The van der Waals surface area contributed by atoms with Gasteiger partial charge in [0.1, 0.15) is 5.82 Å². The second-order valence-corrected chi connectivity index (χ2v) is 4.45. The van der Waals surface area contributed by atoms with Crippen molar-refractivity contribution in [3.8, 4) is 11.8 Å². The van der Waals surface area contributed by atoms with Crippen LogP contribution in [0.1, 0.15) is 11.1 Å². The van der Waals surface area contributed by atoms with E-state index >= 15 is 0 Å². The molecule has 0 aromatic heterocycles. The molecule has 0 unspecified atom stereocenters. The predicted octanol–water partition coefficient (Wildman–Crippen LogP) is 3.71. The van der Waals surface area contributed by atoms with E-state index in [-0.39, 0.29) is 10.0 Å². The molecule has 0 heterocycles. The molecule has 1 nitrogen and oxygen atoms in total. The van der Waals surface area contributed by atoms with E-state index < -0.39 is 11.6 Å². The molecule has 2 N–H and O–H groups in total. The summed E-state index contributed by atoms with van der Waals surface area (Å²) in [4.78, 5) is 0. The van der Waals surface area contributed by atoms with Gasteiger partial charge in [-0.15, -0.1) is 0 Å². The van der Waals surface area contributed by atoms with E-state index in [2.05, 4.69) is 27.8 Å². The minimum absolute atomic E-state index is 0.181. The second-order valence-electron chi connectivity index (χ2n) is 3.59. The molecule has 0 aliphatic carbocycles. The number of halogens is 3. The van der Waals surface area contributed by atoms with Crippen molar-refractivity contribution >= 4 is 21.6 Å². The van der Waals surface area contributed by atoms with E-state index in [9.17, 15) is 8.78 Å². The maximum absolute atomic E-state index is 13.6. The fourth-order valence-corrected chi connectivity index (χ4v) is 1.72. The highest BCUT2D eigenvalue weighted by atomic mass is 79.9. The summed E-state index contributed by atoms with van der Waals surface area (Å²) in [5, 5.41) is 0. The van der Waals surface area contributed by atoms with Crippen LogP contribution in [0.5, 0.6) is 0 Å². The first-order valence-electron chi connectivity index (χ1n) is 5.09. The van der Waals surface area contributed by atoms with Gasteiger partial charge < -0.3 is 5.73 Å². The van der Waals surface area contributed by atoms with Gasteiger partial charge >= 0.3 is 0 Å². The van der Waals surface area contributed by atoms with Crippen molar-refractivity contribution in [2.24, 2.45) is 0 Å². The third kappa shape index (κ3) is 2.69. The quantitative estimate of drug-likeness (QED) is 0.448. The van der Waals surface area contributed by atoms with Crippen LogP contribution in [0.25, 0.3) is 0 Å². The number of rotatable bonds is 0. The Morgan fingerprint density at radius 2 is 1.83 bits per heavy atom. The molecule has 0 aliphatic rings. The Morgan fingerprint density at radius 1 is 1.06 bits per heavy atom. The summed E-state index contributed by atoms with van der Waals surface area (Å²) in [6.45, 7) is 0. The molecule has 18 heavy (non-hydrogen) atoms. The van der Waals surface area contributed by atoms with Crippen LogP contribution >= 0.6 is 15.9 Å². The Kier molecular flexibility index (Phi) is 3.63. The molecule has 4 heteroatoms. The Hall–Kier alpha value is -1.86. The maximum atomic E-state index is 13.6. The van der Waals surface area contributed by atoms with E-state index in [1.54, 1.807) is 24.3 Å².